The molecule has 1 aliphatic rings. The zero-order valence-corrected chi connectivity index (χ0v) is 17.2. The summed E-state index contributed by atoms with van der Waals surface area (Å²) in [6, 6.07) is 0. The summed E-state index contributed by atoms with van der Waals surface area (Å²) in [5.41, 5.74) is 0. The monoisotopic (exact) mass is 350 g/mol. The number of carbonyl (C=O) groups excluding carboxylic acids is 1. The van der Waals surface area contributed by atoms with E-state index in [1.807, 2.05) is 13.0 Å². The highest BCUT2D eigenvalue weighted by atomic mass is 28.4. The van der Waals surface area contributed by atoms with Crippen molar-refractivity contribution in [3.63, 3.8) is 0 Å². The van der Waals surface area contributed by atoms with Crippen LogP contribution in [0.1, 0.15) is 40.5 Å². The second-order valence-electron chi connectivity index (χ2n) is 7.93. The van der Waals surface area contributed by atoms with Crippen LogP contribution < -0.4 is 0 Å². The van der Waals surface area contributed by atoms with E-state index in [1.54, 1.807) is 6.08 Å². The molecule has 0 unspecified atom stereocenters. The largest absolute Gasteiger partial charge is 0.463 e. The highest BCUT2D eigenvalue weighted by molar-refractivity contribution is 6.74. The molecule has 2 atom stereocenters. The van der Waals surface area contributed by atoms with Crippen LogP contribution in [-0.4, -0.2) is 27.5 Å². The third-order valence-electron chi connectivity index (χ3n) is 5.07. The summed E-state index contributed by atoms with van der Waals surface area (Å²) >= 11 is 0. The molecule has 4 heteroatoms. The molecule has 0 aromatic heterocycles. The molecule has 0 aromatic rings. The molecule has 0 aromatic carbocycles. The van der Waals surface area contributed by atoms with E-state index in [-0.39, 0.29) is 11.0 Å². The van der Waals surface area contributed by atoms with Crippen molar-refractivity contribution in [3.05, 3.63) is 36.5 Å². The van der Waals surface area contributed by atoms with Crippen molar-refractivity contribution in [1.82, 2.24) is 0 Å². The number of hydrogen-bond donors (Lipinski definition) is 0. The van der Waals surface area contributed by atoms with Gasteiger partial charge in [0.25, 0.3) is 0 Å². The van der Waals surface area contributed by atoms with Crippen molar-refractivity contribution in [1.29, 1.82) is 0 Å². The average molecular weight is 351 g/mol. The maximum absolute atomic E-state index is 11.3. The molecule has 0 aliphatic heterocycles. The summed E-state index contributed by atoms with van der Waals surface area (Å²) in [6.45, 7) is 14.5. The lowest BCUT2D eigenvalue weighted by Gasteiger charge is -2.38. The number of rotatable bonds is 7. The maximum Gasteiger partial charge on any atom is 0.330 e. The molecule has 0 N–H and O–H groups in total. The van der Waals surface area contributed by atoms with Crippen LogP contribution in [0, 0.1) is 11.8 Å². The van der Waals surface area contributed by atoms with Gasteiger partial charge < -0.3 is 9.16 Å². The molecule has 0 radical (unpaired) electrons. The van der Waals surface area contributed by atoms with Gasteiger partial charge in [-0.2, -0.15) is 0 Å². The normalized spacial score (nSPS) is 22.4. The fourth-order valence-corrected chi connectivity index (χ4v) is 3.45. The predicted octanol–water partition coefficient (Wildman–Crippen LogP) is 5.27. The van der Waals surface area contributed by atoms with E-state index >= 15 is 0 Å². The van der Waals surface area contributed by atoms with Crippen molar-refractivity contribution in [2.75, 3.05) is 13.2 Å². The lowest BCUT2D eigenvalue weighted by Crippen LogP contribution is -2.42. The number of carbonyl (C=O) groups is 1. The van der Waals surface area contributed by atoms with Gasteiger partial charge >= 0.3 is 5.97 Å². The Morgan fingerprint density at radius 1 is 1.21 bits per heavy atom. The minimum atomic E-state index is -1.70. The van der Waals surface area contributed by atoms with Crippen molar-refractivity contribution in [2.45, 2.75) is 58.7 Å². The van der Waals surface area contributed by atoms with E-state index in [1.165, 1.54) is 6.08 Å². The Balaban J connectivity index is 2.60. The van der Waals surface area contributed by atoms with Gasteiger partial charge in [-0.05, 0) is 49.7 Å². The number of hydrogen-bond acceptors (Lipinski definition) is 3. The lowest BCUT2D eigenvalue weighted by atomic mass is 9.83. The Kier molecular flexibility index (Phi) is 8.17. The van der Waals surface area contributed by atoms with Gasteiger partial charge in [-0.15, -0.1) is 0 Å². The molecule has 0 amide bonds. The van der Waals surface area contributed by atoms with E-state index in [0.29, 0.717) is 18.4 Å². The van der Waals surface area contributed by atoms with Crippen LogP contribution in [-0.2, 0) is 14.0 Å². The molecular formula is C20H34O3Si. The standard InChI is InChI=1S/C20H34O3Si/c1-7-22-19(21)15-11-10-13-17-12-8-9-14-18(17)16-23-24(5,6)20(2,3)4/h8-11,13,15,17-18H,7,12,14,16H2,1-6H3/t17-,18-/m1/s1. The lowest BCUT2D eigenvalue weighted by molar-refractivity contribution is -0.137. The number of esters is 1. The molecule has 0 fully saturated rings. The minimum Gasteiger partial charge on any atom is -0.463 e. The Bertz CT molecular complexity index is 484. The van der Waals surface area contributed by atoms with Crippen LogP contribution in [0.15, 0.2) is 36.5 Å². The van der Waals surface area contributed by atoms with E-state index < -0.39 is 8.32 Å². The van der Waals surface area contributed by atoms with E-state index in [2.05, 4.69) is 52.1 Å². The summed E-state index contributed by atoms with van der Waals surface area (Å²) in [4.78, 5) is 11.3. The first kappa shape index (κ1) is 20.9. The summed E-state index contributed by atoms with van der Waals surface area (Å²) in [5, 5.41) is 0.241. The predicted molar refractivity (Wildman–Crippen MR) is 103 cm³/mol. The Hall–Kier alpha value is -1.13. The second kappa shape index (κ2) is 9.38. The fourth-order valence-electron chi connectivity index (χ4n) is 2.38. The van der Waals surface area contributed by atoms with Crippen molar-refractivity contribution >= 4 is 14.3 Å². The van der Waals surface area contributed by atoms with Crippen LogP contribution >= 0.6 is 0 Å². The van der Waals surface area contributed by atoms with Gasteiger partial charge in [0.2, 0.25) is 0 Å². The van der Waals surface area contributed by atoms with Crippen molar-refractivity contribution in [2.24, 2.45) is 11.8 Å². The van der Waals surface area contributed by atoms with Crippen LogP contribution in [0.3, 0.4) is 0 Å². The first-order valence-corrected chi connectivity index (χ1v) is 11.9. The Labute approximate surface area is 148 Å². The van der Waals surface area contributed by atoms with Gasteiger partial charge in [0.05, 0.1) is 6.61 Å². The second-order valence-corrected chi connectivity index (χ2v) is 12.7. The quantitative estimate of drug-likeness (QED) is 0.206. The third kappa shape index (κ3) is 6.77. The summed E-state index contributed by atoms with van der Waals surface area (Å²) in [5.74, 6) is 0.687. The highest BCUT2D eigenvalue weighted by Gasteiger charge is 2.38. The minimum absolute atomic E-state index is 0.241. The molecule has 0 saturated heterocycles. The van der Waals surface area contributed by atoms with Crippen LogP contribution in [0.2, 0.25) is 18.1 Å². The van der Waals surface area contributed by atoms with Crippen molar-refractivity contribution in [3.8, 4) is 0 Å². The topological polar surface area (TPSA) is 35.5 Å². The highest BCUT2D eigenvalue weighted by Crippen LogP contribution is 2.38. The first-order valence-electron chi connectivity index (χ1n) is 8.98. The first-order chi connectivity index (χ1) is 11.2. The van der Waals surface area contributed by atoms with Crippen LogP contribution in [0.4, 0.5) is 0 Å². The molecule has 1 aliphatic carbocycles. The van der Waals surface area contributed by atoms with Crippen molar-refractivity contribution < 1.29 is 14.0 Å². The average Bonchev–Trinajstić information content (AvgIpc) is 2.49. The molecule has 0 saturated carbocycles. The molecule has 0 bridgehead atoms. The smallest absolute Gasteiger partial charge is 0.330 e. The van der Waals surface area contributed by atoms with E-state index in [0.717, 1.165) is 19.4 Å². The van der Waals surface area contributed by atoms with E-state index in [9.17, 15) is 4.79 Å². The molecule has 3 nitrogen and oxygen atoms in total. The fraction of sp³-hybridized carbons (Fsp3) is 0.650. The zero-order valence-electron chi connectivity index (χ0n) is 16.2. The van der Waals surface area contributed by atoms with E-state index in [4.69, 9.17) is 9.16 Å². The maximum atomic E-state index is 11.3. The summed E-state index contributed by atoms with van der Waals surface area (Å²) in [6.07, 6.45) is 14.0. The number of ether oxygens (including phenoxy) is 1. The molecule has 136 valence electrons. The van der Waals surface area contributed by atoms with Gasteiger partial charge in [0.1, 0.15) is 0 Å². The Morgan fingerprint density at radius 3 is 2.50 bits per heavy atom. The van der Waals surface area contributed by atoms with Gasteiger partial charge in [-0.1, -0.05) is 51.2 Å². The Morgan fingerprint density at radius 2 is 1.88 bits per heavy atom. The van der Waals surface area contributed by atoms with Gasteiger partial charge in [-0.3, -0.25) is 0 Å². The van der Waals surface area contributed by atoms with Gasteiger partial charge in [-0.25, -0.2) is 4.79 Å². The molecule has 0 spiro atoms. The van der Waals surface area contributed by atoms with Crippen LogP contribution in [0.25, 0.3) is 0 Å². The zero-order chi connectivity index (χ0) is 18.2. The molecule has 1 rings (SSSR count). The molecular weight excluding hydrogens is 316 g/mol. The summed E-state index contributed by atoms with van der Waals surface area (Å²) < 4.78 is 11.3. The van der Waals surface area contributed by atoms with Gasteiger partial charge in [0.15, 0.2) is 8.32 Å². The molecule has 0 heterocycles. The molecule has 24 heavy (non-hydrogen) atoms. The van der Waals surface area contributed by atoms with Crippen LogP contribution in [0.5, 0.6) is 0 Å². The SMILES string of the molecule is CCOC(=O)C=CC=C[C@H]1CC=CC[C@@H]1CO[Si](C)(C)C(C)(C)C. The third-order valence-corrected chi connectivity index (χ3v) is 9.57. The summed E-state index contributed by atoms with van der Waals surface area (Å²) in [7, 11) is -1.70. The van der Waals surface area contributed by atoms with Gasteiger partial charge in [0, 0.05) is 12.7 Å². The number of allylic oxidation sites excluding steroid dienone is 5.